The first kappa shape index (κ1) is 7.80. The minimum Gasteiger partial charge on any atom is -0.761 e. The molecule has 0 aliphatic heterocycles. The van der Waals surface area contributed by atoms with Crippen molar-refractivity contribution < 1.29 is 0 Å². The molecule has 0 amide bonds. The number of anilines is 2. The van der Waals surface area contributed by atoms with Gasteiger partial charge in [0.15, 0.2) is 0 Å². The molecular formula is C6H7N3O2-2. The van der Waals surface area contributed by atoms with E-state index >= 15 is 0 Å². The van der Waals surface area contributed by atoms with Gasteiger partial charge in [0.05, 0.1) is 0 Å². The van der Waals surface area contributed by atoms with Crippen molar-refractivity contribution in [2.45, 2.75) is 0 Å². The third-order valence-electron chi connectivity index (χ3n) is 1.24. The van der Waals surface area contributed by atoms with Gasteiger partial charge in [0.2, 0.25) is 0 Å². The molecule has 1 aromatic rings. The summed E-state index contributed by atoms with van der Waals surface area (Å²) in [6, 6.07) is 5.85. The van der Waals surface area contributed by atoms with Gasteiger partial charge in [-0.3, -0.25) is 5.84 Å². The van der Waals surface area contributed by atoms with Crippen LogP contribution in [-0.4, -0.2) is 0 Å². The minimum absolute atomic E-state index is 0.231. The molecule has 3 N–H and O–H groups in total. The number of hydrogen-bond acceptors (Lipinski definition) is 5. The van der Waals surface area contributed by atoms with Gasteiger partial charge in [-0.05, 0) is 24.3 Å². The number of nitrogens with zero attached hydrogens (tertiary/aromatic N) is 1. The van der Waals surface area contributed by atoms with Crippen LogP contribution in [0.5, 0.6) is 0 Å². The maximum Gasteiger partial charge on any atom is 0.0404 e. The summed E-state index contributed by atoms with van der Waals surface area (Å²) in [6.07, 6.45) is 0. The van der Waals surface area contributed by atoms with E-state index in [-0.39, 0.29) is 5.17 Å². The molecule has 5 nitrogen and oxygen atoms in total. The predicted octanol–water partition coefficient (Wildman–Crippen LogP) is 0.774. The molecule has 0 heterocycles. The van der Waals surface area contributed by atoms with Crippen molar-refractivity contribution in [3.8, 4) is 0 Å². The lowest BCUT2D eigenvalue weighted by molar-refractivity contribution is 1.09. The van der Waals surface area contributed by atoms with E-state index in [0.29, 0.717) is 11.4 Å². The zero-order valence-electron chi connectivity index (χ0n) is 5.65. The summed E-state index contributed by atoms with van der Waals surface area (Å²) in [5.41, 5.74) is 2.39. The molecule has 0 atom stereocenters. The molecule has 11 heavy (non-hydrogen) atoms. The van der Waals surface area contributed by atoms with Crippen molar-refractivity contribution in [3.63, 3.8) is 0 Å². The summed E-state index contributed by atoms with van der Waals surface area (Å²) in [7, 11) is 0. The van der Waals surface area contributed by atoms with E-state index in [1.54, 1.807) is 5.48 Å². The molecular weight excluding hydrogens is 146 g/mol. The van der Waals surface area contributed by atoms with Crippen LogP contribution in [0.2, 0.25) is 0 Å². The van der Waals surface area contributed by atoms with Crippen molar-refractivity contribution in [1.29, 1.82) is 0 Å². The van der Waals surface area contributed by atoms with Gasteiger partial charge in [0.25, 0.3) is 0 Å². The summed E-state index contributed by atoms with van der Waals surface area (Å²) in [6.45, 7) is 0. The van der Waals surface area contributed by atoms with Crippen LogP contribution in [0.3, 0.4) is 0 Å². The average molecular weight is 153 g/mol. The zero-order valence-corrected chi connectivity index (χ0v) is 5.65. The summed E-state index contributed by atoms with van der Waals surface area (Å²) in [5.74, 6) is 4.88. The second-order valence-corrected chi connectivity index (χ2v) is 1.97. The Balaban J connectivity index is 2.83. The van der Waals surface area contributed by atoms with Gasteiger partial charge < -0.3 is 21.1 Å². The monoisotopic (exact) mass is 153 g/mol. The molecule has 0 aliphatic carbocycles. The second kappa shape index (κ2) is 3.20. The average Bonchev–Trinajstić information content (AvgIpc) is 2.05. The molecule has 5 heteroatoms. The van der Waals surface area contributed by atoms with E-state index in [0.717, 1.165) is 0 Å². The SMILES string of the molecule is NN([O-])c1ccc(N[O-])cc1. The fourth-order valence-corrected chi connectivity index (χ4v) is 0.676. The Labute approximate surface area is 63.5 Å². The lowest BCUT2D eigenvalue weighted by atomic mass is 10.3. The Morgan fingerprint density at radius 2 is 1.82 bits per heavy atom. The van der Waals surface area contributed by atoms with Crippen molar-refractivity contribution >= 4 is 11.4 Å². The number of hydrogen-bond donors (Lipinski definition) is 2. The van der Waals surface area contributed by atoms with Crippen LogP contribution in [-0.2, 0) is 0 Å². The van der Waals surface area contributed by atoms with Gasteiger partial charge in [-0.25, -0.2) is 0 Å². The highest BCUT2D eigenvalue weighted by molar-refractivity contribution is 5.54. The van der Waals surface area contributed by atoms with Crippen LogP contribution in [0, 0.1) is 10.4 Å². The van der Waals surface area contributed by atoms with E-state index in [1.807, 2.05) is 0 Å². The highest BCUT2D eigenvalue weighted by Gasteiger charge is 1.88. The maximum absolute atomic E-state index is 10.4. The van der Waals surface area contributed by atoms with E-state index in [2.05, 4.69) is 0 Å². The first-order valence-corrected chi connectivity index (χ1v) is 2.94. The fourth-order valence-electron chi connectivity index (χ4n) is 0.676. The van der Waals surface area contributed by atoms with E-state index < -0.39 is 0 Å². The summed E-state index contributed by atoms with van der Waals surface area (Å²) < 4.78 is 0. The Morgan fingerprint density at radius 3 is 2.18 bits per heavy atom. The van der Waals surface area contributed by atoms with Gasteiger partial charge in [-0.2, -0.15) is 0 Å². The third-order valence-corrected chi connectivity index (χ3v) is 1.24. The minimum atomic E-state index is 0.231. The summed E-state index contributed by atoms with van der Waals surface area (Å²) in [5, 5.41) is 20.7. The maximum atomic E-state index is 10.4. The molecule has 0 spiro atoms. The molecule has 0 fully saturated rings. The van der Waals surface area contributed by atoms with Gasteiger partial charge in [0, 0.05) is 11.4 Å². The first-order chi connectivity index (χ1) is 5.24. The van der Waals surface area contributed by atoms with Gasteiger partial charge >= 0.3 is 0 Å². The van der Waals surface area contributed by atoms with E-state index in [9.17, 15) is 10.4 Å². The van der Waals surface area contributed by atoms with Gasteiger partial charge in [-0.15, -0.1) is 0 Å². The molecule has 0 unspecified atom stereocenters. The molecule has 0 saturated carbocycles. The number of rotatable bonds is 2. The first-order valence-electron chi connectivity index (χ1n) is 2.94. The topological polar surface area (TPSA) is 87.4 Å². The van der Waals surface area contributed by atoms with Gasteiger partial charge in [-0.1, -0.05) is 0 Å². The largest absolute Gasteiger partial charge is 0.761 e. The number of nitrogens with one attached hydrogen (secondary N) is 1. The number of hydrazine groups is 1. The third kappa shape index (κ3) is 1.81. The molecule has 0 aromatic heterocycles. The second-order valence-electron chi connectivity index (χ2n) is 1.97. The summed E-state index contributed by atoms with van der Waals surface area (Å²) >= 11 is 0. The highest BCUT2D eigenvalue weighted by atomic mass is 16.5. The molecule has 0 radical (unpaired) electrons. The standard InChI is InChI=1S/C6H7N3O2/c7-9(11)6-3-1-5(8-10)2-4-6/h1-4,8H,7H2/q-2. The van der Waals surface area contributed by atoms with Crippen LogP contribution < -0.4 is 16.5 Å². The molecule has 0 aliphatic rings. The molecule has 1 rings (SSSR count). The zero-order chi connectivity index (χ0) is 8.27. The van der Waals surface area contributed by atoms with Crippen LogP contribution in [0.25, 0.3) is 0 Å². The van der Waals surface area contributed by atoms with Crippen LogP contribution in [0.15, 0.2) is 24.3 Å². The predicted molar refractivity (Wildman–Crippen MR) is 43.5 cm³/mol. The van der Waals surface area contributed by atoms with Crippen molar-refractivity contribution in [2.75, 3.05) is 10.7 Å². The lowest BCUT2D eigenvalue weighted by Crippen LogP contribution is -2.22. The quantitative estimate of drug-likeness (QED) is 0.484. The Kier molecular flexibility index (Phi) is 2.27. The molecule has 0 bridgehead atoms. The van der Waals surface area contributed by atoms with Crippen LogP contribution in [0.1, 0.15) is 0 Å². The normalized spacial score (nSPS) is 9.36. The highest BCUT2D eigenvalue weighted by Crippen LogP contribution is 2.14. The lowest BCUT2D eigenvalue weighted by Gasteiger charge is -2.24. The Morgan fingerprint density at radius 1 is 1.27 bits per heavy atom. The molecule has 1 aromatic carbocycles. The van der Waals surface area contributed by atoms with E-state index in [4.69, 9.17) is 5.84 Å². The Bertz CT molecular complexity index is 222. The van der Waals surface area contributed by atoms with Crippen LogP contribution in [0.4, 0.5) is 11.4 Å². The van der Waals surface area contributed by atoms with Crippen molar-refractivity contribution in [2.24, 2.45) is 5.84 Å². The smallest absolute Gasteiger partial charge is 0.0404 e. The summed E-state index contributed by atoms with van der Waals surface area (Å²) in [4.78, 5) is 0. The van der Waals surface area contributed by atoms with E-state index in [1.165, 1.54) is 24.3 Å². The van der Waals surface area contributed by atoms with Crippen molar-refractivity contribution in [1.82, 2.24) is 0 Å². The van der Waals surface area contributed by atoms with Gasteiger partial charge in [0.1, 0.15) is 0 Å². The van der Waals surface area contributed by atoms with Crippen molar-refractivity contribution in [3.05, 3.63) is 34.7 Å². The van der Waals surface area contributed by atoms with Crippen LogP contribution >= 0.6 is 0 Å². The number of nitrogens with two attached hydrogens (primary N) is 1. The molecule has 60 valence electrons. The fraction of sp³-hybridized carbons (Fsp3) is 0. The number of benzene rings is 1. The molecule has 0 saturated heterocycles. The Hall–Kier alpha value is -1.30.